The Morgan fingerprint density at radius 3 is 3.09 bits per heavy atom. The van der Waals surface area contributed by atoms with Gasteiger partial charge in [-0.05, 0) is 28.8 Å². The molecule has 0 spiro atoms. The molecule has 0 aromatic carbocycles. The van der Waals surface area contributed by atoms with E-state index in [1.807, 2.05) is 5.01 Å². The van der Waals surface area contributed by atoms with Gasteiger partial charge < -0.3 is 0 Å². The summed E-state index contributed by atoms with van der Waals surface area (Å²) in [6.07, 6.45) is 1.22. The highest BCUT2D eigenvalue weighted by molar-refractivity contribution is 7.07. The molecule has 11 heavy (non-hydrogen) atoms. The van der Waals surface area contributed by atoms with Crippen molar-refractivity contribution in [2.24, 2.45) is 5.84 Å². The molecule has 0 aliphatic carbocycles. The quantitative estimate of drug-likeness (QED) is 0.642. The fraction of sp³-hybridized carbons (Fsp3) is 0.500. The molecule has 1 fully saturated rings. The summed E-state index contributed by atoms with van der Waals surface area (Å²) in [4.78, 5) is 0. The first-order chi connectivity index (χ1) is 5.36. The molecule has 1 saturated heterocycles. The van der Waals surface area contributed by atoms with Crippen molar-refractivity contribution < 1.29 is 0 Å². The Labute approximate surface area is 70.6 Å². The number of thiophene rings is 1. The second-order valence-corrected chi connectivity index (χ2v) is 3.82. The maximum absolute atomic E-state index is 5.67. The topological polar surface area (TPSA) is 29.3 Å². The number of rotatable bonds is 1. The molecular formula is C8H12N2S. The highest BCUT2D eigenvalue weighted by Crippen LogP contribution is 2.26. The smallest absolute Gasteiger partial charge is 0.0198 e. The van der Waals surface area contributed by atoms with Crippen LogP contribution in [0.2, 0.25) is 0 Å². The predicted octanol–water partition coefficient (Wildman–Crippen LogP) is 1.41. The first-order valence-electron chi connectivity index (χ1n) is 3.88. The van der Waals surface area contributed by atoms with Crippen LogP contribution in [0.3, 0.4) is 0 Å². The number of hydrogen-bond acceptors (Lipinski definition) is 3. The second-order valence-electron chi connectivity index (χ2n) is 3.04. The Balaban J connectivity index is 2.08. The molecule has 0 amide bonds. The lowest BCUT2D eigenvalue weighted by Gasteiger charge is -2.07. The van der Waals surface area contributed by atoms with Crippen LogP contribution in [0.5, 0.6) is 0 Å². The van der Waals surface area contributed by atoms with E-state index in [1.54, 1.807) is 11.3 Å². The number of nitrogens with zero attached hydrogens (tertiary/aromatic N) is 1. The molecule has 2 rings (SSSR count). The molecule has 1 aromatic heterocycles. The van der Waals surface area contributed by atoms with Crippen LogP contribution in [-0.4, -0.2) is 18.1 Å². The highest BCUT2D eigenvalue weighted by atomic mass is 32.1. The van der Waals surface area contributed by atoms with E-state index in [-0.39, 0.29) is 0 Å². The zero-order valence-electron chi connectivity index (χ0n) is 6.36. The maximum Gasteiger partial charge on any atom is 0.0198 e. The van der Waals surface area contributed by atoms with Crippen LogP contribution < -0.4 is 5.84 Å². The summed E-state index contributed by atoms with van der Waals surface area (Å²) in [5, 5.41) is 6.26. The SMILES string of the molecule is NN1CCC(c2ccsc2)C1. The van der Waals surface area contributed by atoms with Crippen molar-refractivity contribution in [1.29, 1.82) is 0 Å². The molecular weight excluding hydrogens is 156 g/mol. The normalized spacial score (nSPS) is 26.1. The van der Waals surface area contributed by atoms with Gasteiger partial charge in [0.2, 0.25) is 0 Å². The number of hydrogen-bond donors (Lipinski definition) is 1. The lowest BCUT2D eigenvalue weighted by Crippen LogP contribution is -2.27. The predicted molar refractivity (Wildman–Crippen MR) is 47.4 cm³/mol. The van der Waals surface area contributed by atoms with Crippen LogP contribution in [0.1, 0.15) is 17.9 Å². The molecule has 0 bridgehead atoms. The summed E-state index contributed by atoms with van der Waals surface area (Å²) in [5.74, 6) is 6.35. The average molecular weight is 168 g/mol. The van der Waals surface area contributed by atoms with Crippen LogP contribution >= 0.6 is 11.3 Å². The minimum Gasteiger partial charge on any atom is -0.269 e. The molecule has 1 atom stereocenters. The molecule has 2 nitrogen and oxygen atoms in total. The van der Waals surface area contributed by atoms with Gasteiger partial charge in [-0.3, -0.25) is 5.84 Å². The van der Waals surface area contributed by atoms with E-state index in [0.717, 1.165) is 13.1 Å². The summed E-state index contributed by atoms with van der Waals surface area (Å²) in [7, 11) is 0. The Kier molecular flexibility index (Phi) is 1.94. The Hall–Kier alpha value is -0.380. The van der Waals surface area contributed by atoms with Gasteiger partial charge in [0.1, 0.15) is 0 Å². The average Bonchev–Trinajstić information content (AvgIpc) is 2.55. The second kappa shape index (κ2) is 2.93. The van der Waals surface area contributed by atoms with E-state index in [4.69, 9.17) is 5.84 Å². The Morgan fingerprint density at radius 2 is 2.55 bits per heavy atom. The van der Waals surface area contributed by atoms with Crippen molar-refractivity contribution in [3.63, 3.8) is 0 Å². The van der Waals surface area contributed by atoms with E-state index in [1.165, 1.54) is 12.0 Å². The van der Waals surface area contributed by atoms with Gasteiger partial charge in [-0.1, -0.05) is 0 Å². The number of hydrazine groups is 1. The zero-order valence-corrected chi connectivity index (χ0v) is 7.18. The van der Waals surface area contributed by atoms with E-state index in [9.17, 15) is 0 Å². The first-order valence-corrected chi connectivity index (χ1v) is 4.82. The van der Waals surface area contributed by atoms with Crippen molar-refractivity contribution in [3.05, 3.63) is 22.4 Å². The molecule has 0 saturated carbocycles. The van der Waals surface area contributed by atoms with E-state index in [0.29, 0.717) is 5.92 Å². The molecule has 1 aliphatic heterocycles. The maximum atomic E-state index is 5.67. The van der Waals surface area contributed by atoms with E-state index >= 15 is 0 Å². The monoisotopic (exact) mass is 168 g/mol. The van der Waals surface area contributed by atoms with Crippen molar-refractivity contribution in [2.45, 2.75) is 12.3 Å². The fourth-order valence-electron chi connectivity index (χ4n) is 1.57. The highest BCUT2D eigenvalue weighted by Gasteiger charge is 2.21. The van der Waals surface area contributed by atoms with Gasteiger partial charge in [0.25, 0.3) is 0 Å². The first kappa shape index (κ1) is 7.28. The van der Waals surface area contributed by atoms with Gasteiger partial charge in [0, 0.05) is 19.0 Å². The largest absolute Gasteiger partial charge is 0.269 e. The van der Waals surface area contributed by atoms with Gasteiger partial charge in [0.05, 0.1) is 0 Å². The van der Waals surface area contributed by atoms with Crippen molar-refractivity contribution in [3.8, 4) is 0 Å². The molecule has 0 radical (unpaired) electrons. The fourth-order valence-corrected chi connectivity index (χ4v) is 2.31. The van der Waals surface area contributed by atoms with Crippen molar-refractivity contribution >= 4 is 11.3 Å². The standard InChI is InChI=1S/C8H12N2S/c9-10-3-1-7(5-10)8-2-4-11-6-8/h2,4,6-7H,1,3,5,9H2. The minimum absolute atomic E-state index is 0.686. The third-order valence-electron chi connectivity index (χ3n) is 2.23. The van der Waals surface area contributed by atoms with Crippen LogP contribution in [0, 0.1) is 0 Å². The van der Waals surface area contributed by atoms with E-state index < -0.39 is 0 Å². The molecule has 3 heteroatoms. The third-order valence-corrected chi connectivity index (χ3v) is 2.94. The Bertz CT molecular complexity index is 220. The summed E-state index contributed by atoms with van der Waals surface area (Å²) >= 11 is 1.77. The molecule has 1 unspecified atom stereocenters. The van der Waals surface area contributed by atoms with E-state index in [2.05, 4.69) is 16.8 Å². The van der Waals surface area contributed by atoms with Crippen LogP contribution in [-0.2, 0) is 0 Å². The van der Waals surface area contributed by atoms with Crippen LogP contribution in [0.15, 0.2) is 16.8 Å². The summed E-state index contributed by atoms with van der Waals surface area (Å²) < 4.78 is 0. The third kappa shape index (κ3) is 1.45. The summed E-state index contributed by atoms with van der Waals surface area (Å²) in [6, 6.07) is 2.20. The van der Waals surface area contributed by atoms with Crippen molar-refractivity contribution in [1.82, 2.24) is 5.01 Å². The minimum atomic E-state index is 0.686. The van der Waals surface area contributed by atoms with Crippen LogP contribution in [0.4, 0.5) is 0 Å². The molecule has 1 aliphatic rings. The summed E-state index contributed by atoms with van der Waals surface area (Å²) in [5.41, 5.74) is 1.46. The molecule has 60 valence electrons. The lowest BCUT2D eigenvalue weighted by molar-refractivity contribution is 0.350. The summed E-state index contributed by atoms with van der Waals surface area (Å²) in [6.45, 7) is 2.07. The molecule has 2 heterocycles. The lowest BCUT2D eigenvalue weighted by atomic mass is 10.0. The Morgan fingerprint density at radius 1 is 1.64 bits per heavy atom. The molecule has 2 N–H and O–H groups in total. The van der Waals surface area contributed by atoms with Crippen LogP contribution in [0.25, 0.3) is 0 Å². The van der Waals surface area contributed by atoms with Crippen molar-refractivity contribution in [2.75, 3.05) is 13.1 Å². The van der Waals surface area contributed by atoms with Gasteiger partial charge in [-0.15, -0.1) is 0 Å². The molecule has 1 aromatic rings. The van der Waals surface area contributed by atoms with Gasteiger partial charge in [-0.2, -0.15) is 11.3 Å². The zero-order chi connectivity index (χ0) is 7.68. The number of nitrogens with two attached hydrogens (primary N) is 1. The van der Waals surface area contributed by atoms with Gasteiger partial charge >= 0.3 is 0 Å². The van der Waals surface area contributed by atoms with Gasteiger partial charge in [-0.25, -0.2) is 5.01 Å². The van der Waals surface area contributed by atoms with Gasteiger partial charge in [0.15, 0.2) is 0 Å².